The number of aromatic nitrogens is 4. The van der Waals surface area contributed by atoms with Crippen molar-refractivity contribution in [3.63, 3.8) is 0 Å². The number of carbonyl (C=O) groups excluding carboxylic acids is 1. The maximum Gasteiger partial charge on any atom is 0.272 e. The van der Waals surface area contributed by atoms with Gasteiger partial charge < -0.3 is 14.2 Å². The van der Waals surface area contributed by atoms with Crippen LogP contribution in [0.3, 0.4) is 0 Å². The number of amides is 1. The van der Waals surface area contributed by atoms with E-state index in [-0.39, 0.29) is 12.0 Å². The fourth-order valence-electron chi connectivity index (χ4n) is 3.09. The van der Waals surface area contributed by atoms with Gasteiger partial charge in [-0.05, 0) is 19.1 Å². The van der Waals surface area contributed by atoms with E-state index in [4.69, 9.17) is 4.74 Å². The highest BCUT2D eigenvalue weighted by Crippen LogP contribution is 2.22. The number of benzene rings is 1. The number of para-hydroxylation sites is 1. The predicted octanol–water partition coefficient (Wildman–Crippen LogP) is 2.06. The third-order valence-corrected chi connectivity index (χ3v) is 4.45. The summed E-state index contributed by atoms with van der Waals surface area (Å²) >= 11 is 0. The molecule has 0 spiro atoms. The first-order valence-corrected chi connectivity index (χ1v) is 8.40. The van der Waals surface area contributed by atoms with Crippen LogP contribution in [0.15, 0.2) is 42.7 Å². The SMILES string of the molecule is CCn1cnnc1C1CN(C(=O)c2ccc3ccccc3n2)CCO1. The summed E-state index contributed by atoms with van der Waals surface area (Å²) in [6.45, 7) is 4.26. The highest BCUT2D eigenvalue weighted by Gasteiger charge is 2.29. The molecular weight excluding hydrogens is 318 g/mol. The van der Waals surface area contributed by atoms with Gasteiger partial charge in [-0.2, -0.15) is 0 Å². The van der Waals surface area contributed by atoms with Gasteiger partial charge in [0.15, 0.2) is 5.82 Å². The Morgan fingerprint density at radius 2 is 2.16 bits per heavy atom. The molecule has 1 saturated heterocycles. The number of nitrogens with zero attached hydrogens (tertiary/aromatic N) is 5. The molecule has 1 aliphatic heterocycles. The van der Waals surface area contributed by atoms with E-state index >= 15 is 0 Å². The van der Waals surface area contributed by atoms with Gasteiger partial charge in [0.1, 0.15) is 18.1 Å². The largest absolute Gasteiger partial charge is 0.366 e. The van der Waals surface area contributed by atoms with E-state index < -0.39 is 0 Å². The molecule has 1 unspecified atom stereocenters. The van der Waals surface area contributed by atoms with E-state index in [1.165, 1.54) is 0 Å². The molecule has 128 valence electrons. The van der Waals surface area contributed by atoms with Crippen LogP contribution in [0, 0.1) is 0 Å². The second-order valence-corrected chi connectivity index (χ2v) is 5.97. The van der Waals surface area contributed by atoms with Crippen LogP contribution in [-0.4, -0.2) is 50.3 Å². The normalized spacial score (nSPS) is 17.8. The molecule has 1 fully saturated rings. The number of ether oxygens (including phenoxy) is 1. The Labute approximate surface area is 145 Å². The smallest absolute Gasteiger partial charge is 0.272 e. The van der Waals surface area contributed by atoms with Crippen molar-refractivity contribution in [3.05, 3.63) is 54.2 Å². The molecule has 3 heterocycles. The van der Waals surface area contributed by atoms with Crippen LogP contribution in [0.25, 0.3) is 10.9 Å². The molecule has 7 heteroatoms. The number of hydrogen-bond acceptors (Lipinski definition) is 5. The van der Waals surface area contributed by atoms with Crippen molar-refractivity contribution in [1.82, 2.24) is 24.6 Å². The van der Waals surface area contributed by atoms with Crippen molar-refractivity contribution in [2.75, 3.05) is 19.7 Å². The number of fused-ring (bicyclic) bond motifs is 1. The van der Waals surface area contributed by atoms with E-state index in [2.05, 4.69) is 15.2 Å². The third kappa shape index (κ3) is 2.98. The van der Waals surface area contributed by atoms with E-state index in [0.29, 0.717) is 25.4 Å². The topological polar surface area (TPSA) is 73.1 Å². The number of morpholine rings is 1. The maximum atomic E-state index is 12.9. The summed E-state index contributed by atoms with van der Waals surface area (Å²) in [5, 5.41) is 9.12. The van der Waals surface area contributed by atoms with Gasteiger partial charge in [-0.25, -0.2) is 4.98 Å². The molecule has 1 atom stereocenters. The summed E-state index contributed by atoms with van der Waals surface area (Å²) in [6.07, 6.45) is 1.42. The highest BCUT2D eigenvalue weighted by molar-refractivity contribution is 5.95. The fourth-order valence-corrected chi connectivity index (χ4v) is 3.09. The van der Waals surface area contributed by atoms with Crippen molar-refractivity contribution >= 4 is 16.8 Å². The lowest BCUT2D eigenvalue weighted by molar-refractivity contribution is -0.0285. The van der Waals surface area contributed by atoms with Crippen molar-refractivity contribution in [2.45, 2.75) is 19.6 Å². The summed E-state index contributed by atoms with van der Waals surface area (Å²) < 4.78 is 7.75. The Bertz CT molecular complexity index is 907. The molecule has 4 rings (SSSR count). The number of aryl methyl sites for hydroxylation is 1. The first-order valence-electron chi connectivity index (χ1n) is 8.40. The number of carbonyl (C=O) groups is 1. The summed E-state index contributed by atoms with van der Waals surface area (Å²) in [5.74, 6) is 0.674. The Kier molecular flexibility index (Phi) is 4.15. The molecule has 1 aliphatic rings. The van der Waals surface area contributed by atoms with Gasteiger partial charge in [0.2, 0.25) is 0 Å². The molecule has 0 aliphatic carbocycles. The van der Waals surface area contributed by atoms with Crippen molar-refractivity contribution in [3.8, 4) is 0 Å². The molecule has 7 nitrogen and oxygen atoms in total. The molecule has 3 aromatic rings. The van der Waals surface area contributed by atoms with Crippen LogP contribution in [0.5, 0.6) is 0 Å². The molecular formula is C18H19N5O2. The molecule has 0 N–H and O–H groups in total. The lowest BCUT2D eigenvalue weighted by Gasteiger charge is -2.32. The number of hydrogen-bond donors (Lipinski definition) is 0. The van der Waals surface area contributed by atoms with Crippen molar-refractivity contribution in [1.29, 1.82) is 0 Å². The Morgan fingerprint density at radius 1 is 1.28 bits per heavy atom. The lowest BCUT2D eigenvalue weighted by atomic mass is 10.2. The summed E-state index contributed by atoms with van der Waals surface area (Å²) in [6, 6.07) is 11.5. The van der Waals surface area contributed by atoms with E-state index in [9.17, 15) is 4.79 Å². The molecule has 1 aromatic carbocycles. The minimum absolute atomic E-state index is 0.0818. The molecule has 2 aromatic heterocycles. The third-order valence-electron chi connectivity index (χ3n) is 4.45. The summed E-state index contributed by atoms with van der Waals surface area (Å²) in [4.78, 5) is 19.2. The first-order chi connectivity index (χ1) is 12.3. The van der Waals surface area contributed by atoms with Crippen LogP contribution in [0.2, 0.25) is 0 Å². The molecule has 25 heavy (non-hydrogen) atoms. The van der Waals surface area contributed by atoms with Crippen molar-refractivity contribution in [2.24, 2.45) is 0 Å². The zero-order chi connectivity index (χ0) is 17.2. The zero-order valence-electron chi connectivity index (χ0n) is 14.0. The minimum Gasteiger partial charge on any atom is -0.366 e. The first kappa shape index (κ1) is 15.7. The fraction of sp³-hybridized carbons (Fsp3) is 0.333. The van der Waals surface area contributed by atoms with Crippen LogP contribution in [0.1, 0.15) is 29.3 Å². The molecule has 0 saturated carbocycles. The van der Waals surface area contributed by atoms with Gasteiger partial charge in [-0.3, -0.25) is 4.79 Å². The highest BCUT2D eigenvalue weighted by atomic mass is 16.5. The number of rotatable bonds is 3. The summed E-state index contributed by atoms with van der Waals surface area (Å²) in [7, 11) is 0. The predicted molar refractivity (Wildman–Crippen MR) is 92.0 cm³/mol. The summed E-state index contributed by atoms with van der Waals surface area (Å²) in [5.41, 5.74) is 1.28. The minimum atomic E-state index is -0.263. The Morgan fingerprint density at radius 3 is 3.04 bits per heavy atom. The van der Waals surface area contributed by atoms with E-state index in [1.807, 2.05) is 41.8 Å². The lowest BCUT2D eigenvalue weighted by Crippen LogP contribution is -2.43. The average Bonchev–Trinajstić information content (AvgIpc) is 3.16. The molecule has 1 amide bonds. The van der Waals surface area contributed by atoms with Gasteiger partial charge in [0, 0.05) is 18.5 Å². The second kappa shape index (κ2) is 6.60. The van der Waals surface area contributed by atoms with Crippen LogP contribution in [-0.2, 0) is 11.3 Å². The van der Waals surface area contributed by atoms with Gasteiger partial charge >= 0.3 is 0 Å². The second-order valence-electron chi connectivity index (χ2n) is 5.97. The Balaban J connectivity index is 1.56. The Hall–Kier alpha value is -2.80. The van der Waals surface area contributed by atoms with Crippen LogP contribution >= 0.6 is 0 Å². The van der Waals surface area contributed by atoms with E-state index in [0.717, 1.165) is 23.3 Å². The van der Waals surface area contributed by atoms with Crippen LogP contribution in [0.4, 0.5) is 0 Å². The number of pyridine rings is 1. The monoisotopic (exact) mass is 337 g/mol. The van der Waals surface area contributed by atoms with Crippen LogP contribution < -0.4 is 0 Å². The van der Waals surface area contributed by atoms with Gasteiger partial charge in [-0.15, -0.1) is 10.2 Å². The molecule has 0 radical (unpaired) electrons. The average molecular weight is 337 g/mol. The van der Waals surface area contributed by atoms with Gasteiger partial charge in [0.05, 0.1) is 18.7 Å². The quantitative estimate of drug-likeness (QED) is 0.731. The zero-order valence-corrected chi connectivity index (χ0v) is 14.0. The molecule has 0 bridgehead atoms. The van der Waals surface area contributed by atoms with Gasteiger partial charge in [-0.1, -0.05) is 24.3 Å². The maximum absolute atomic E-state index is 12.9. The van der Waals surface area contributed by atoms with E-state index in [1.54, 1.807) is 17.3 Å². The van der Waals surface area contributed by atoms with Crippen molar-refractivity contribution < 1.29 is 9.53 Å². The standard InChI is InChI=1S/C18H19N5O2/c1-2-22-12-19-21-17(22)16-11-23(9-10-25-16)18(24)15-8-7-13-5-3-4-6-14(13)20-15/h3-8,12,16H,2,9-11H2,1H3. The van der Waals surface area contributed by atoms with Gasteiger partial charge in [0.25, 0.3) is 5.91 Å².